The third-order valence-electron chi connectivity index (χ3n) is 3.17. The number of nitrogens with zero attached hydrogens (tertiary/aromatic N) is 6. The summed E-state index contributed by atoms with van der Waals surface area (Å²) in [6.45, 7) is 0.994. The highest BCUT2D eigenvalue weighted by Crippen LogP contribution is 1.90. The molecule has 14 heteroatoms. The molecule has 12 nitrogen and oxygen atoms in total. The molecule has 2 rings (SSSR count). The molecule has 0 saturated carbocycles. The van der Waals surface area contributed by atoms with Gasteiger partial charge in [-0.1, -0.05) is 9.36 Å². The summed E-state index contributed by atoms with van der Waals surface area (Å²) in [5, 5.41) is 8.18. The van der Waals surface area contributed by atoms with Gasteiger partial charge in [-0.25, -0.2) is 26.0 Å². The highest BCUT2D eigenvalue weighted by molar-refractivity contribution is 7.85. The Morgan fingerprint density at radius 2 is 1.20 bits per heavy atom. The van der Waals surface area contributed by atoms with Crippen LogP contribution < -0.4 is 9.13 Å². The van der Waals surface area contributed by atoms with E-state index in [-0.39, 0.29) is 12.8 Å². The van der Waals surface area contributed by atoms with E-state index in [1.807, 2.05) is 0 Å². The highest BCUT2D eigenvalue weighted by atomic mass is 32.2. The molecule has 0 aliphatic heterocycles. The zero-order chi connectivity index (χ0) is 18.5. The van der Waals surface area contributed by atoms with Gasteiger partial charge in [-0.3, -0.25) is 0 Å². The van der Waals surface area contributed by atoms with Crippen molar-refractivity contribution in [1.29, 1.82) is 0 Å². The second-order valence-corrected chi connectivity index (χ2v) is 8.47. The standard InChI is InChI=1S/C11H18N6O6S2/c18-24(19,20)5-1-3-14-7-12-16(9-14)11-17-10-15(8-13-17)4-2-6-25(21,22)23/h7-10H,1-6,11H2. The zero-order valence-electron chi connectivity index (χ0n) is 13.2. The van der Waals surface area contributed by atoms with E-state index in [1.54, 1.807) is 31.2 Å². The third-order valence-corrected chi connectivity index (χ3v) is 4.75. The smallest absolute Gasteiger partial charge is 0.265 e. The SMILES string of the molecule is O=S(=O)([O-])CCC[n+]1cnn(Cn2c[n+](CCCS(=O)(=O)[O-])cn2)c1. The Kier molecular flexibility index (Phi) is 6.21. The molecule has 0 radical (unpaired) electrons. The van der Waals surface area contributed by atoms with Crippen molar-refractivity contribution in [3.63, 3.8) is 0 Å². The lowest BCUT2D eigenvalue weighted by atomic mass is 10.5. The van der Waals surface area contributed by atoms with Crippen LogP contribution in [-0.2, 0) is 40.0 Å². The van der Waals surface area contributed by atoms with Crippen LogP contribution in [-0.4, -0.2) is 57.0 Å². The summed E-state index contributed by atoms with van der Waals surface area (Å²) in [5.74, 6) is -0.854. The Hall–Kier alpha value is -1.90. The maximum Gasteiger partial charge on any atom is 0.265 e. The number of rotatable bonds is 10. The van der Waals surface area contributed by atoms with Crippen LogP contribution in [0.5, 0.6) is 0 Å². The molecule has 25 heavy (non-hydrogen) atoms. The molecular weight excluding hydrogens is 376 g/mol. The summed E-state index contributed by atoms with van der Waals surface area (Å²) >= 11 is 0. The molecule has 0 bridgehead atoms. The predicted octanol–water partition coefficient (Wildman–Crippen LogP) is -2.97. The third kappa shape index (κ3) is 7.68. The summed E-state index contributed by atoms with van der Waals surface area (Å²) in [5.41, 5.74) is 0. The van der Waals surface area contributed by atoms with E-state index in [4.69, 9.17) is 0 Å². The number of aromatic nitrogens is 6. The van der Waals surface area contributed by atoms with Crippen LogP contribution in [0, 0.1) is 0 Å². The first kappa shape index (κ1) is 19.4. The summed E-state index contributed by atoms with van der Waals surface area (Å²) in [4.78, 5) is 0. The van der Waals surface area contributed by atoms with Gasteiger partial charge in [0.05, 0.1) is 33.3 Å². The fourth-order valence-electron chi connectivity index (χ4n) is 2.10. The zero-order valence-corrected chi connectivity index (χ0v) is 14.8. The molecule has 0 atom stereocenters. The van der Waals surface area contributed by atoms with Crippen molar-refractivity contribution in [3.8, 4) is 0 Å². The Bertz CT molecular complexity index is 829. The predicted molar refractivity (Wildman–Crippen MR) is 78.6 cm³/mol. The fraction of sp³-hybridized carbons (Fsp3) is 0.636. The summed E-state index contributed by atoms with van der Waals surface area (Å²) in [6.07, 6.45) is 6.71. The van der Waals surface area contributed by atoms with Crippen LogP contribution in [0.1, 0.15) is 12.8 Å². The van der Waals surface area contributed by atoms with Crippen molar-refractivity contribution in [2.24, 2.45) is 0 Å². The van der Waals surface area contributed by atoms with Crippen LogP contribution in [0.4, 0.5) is 0 Å². The van der Waals surface area contributed by atoms with E-state index < -0.39 is 31.7 Å². The van der Waals surface area contributed by atoms with Crippen molar-refractivity contribution >= 4 is 20.2 Å². The molecule has 0 fully saturated rings. The molecule has 2 aromatic heterocycles. The molecule has 2 aromatic rings. The number of hydrogen-bond donors (Lipinski definition) is 0. The van der Waals surface area contributed by atoms with E-state index in [1.165, 1.54) is 12.7 Å². The molecule has 0 unspecified atom stereocenters. The van der Waals surface area contributed by atoms with Gasteiger partial charge >= 0.3 is 0 Å². The van der Waals surface area contributed by atoms with Crippen molar-refractivity contribution in [2.75, 3.05) is 11.5 Å². The molecule has 0 aliphatic carbocycles. The van der Waals surface area contributed by atoms with Gasteiger partial charge in [-0.2, -0.15) is 0 Å². The van der Waals surface area contributed by atoms with Gasteiger partial charge in [0.2, 0.25) is 12.7 Å². The Morgan fingerprint density at radius 3 is 1.56 bits per heavy atom. The first-order valence-corrected chi connectivity index (χ1v) is 10.5. The molecular formula is C11H18N6O6S2. The maximum absolute atomic E-state index is 10.5. The molecule has 0 aromatic carbocycles. The van der Waals surface area contributed by atoms with E-state index in [0.29, 0.717) is 19.8 Å². The monoisotopic (exact) mass is 394 g/mol. The Balaban J connectivity index is 1.82. The Labute approximate surface area is 144 Å². The van der Waals surface area contributed by atoms with Crippen LogP contribution in [0.2, 0.25) is 0 Å². The van der Waals surface area contributed by atoms with E-state index in [0.717, 1.165) is 0 Å². The lowest BCUT2D eigenvalue weighted by molar-refractivity contribution is -0.698. The van der Waals surface area contributed by atoms with Crippen LogP contribution in [0.15, 0.2) is 25.3 Å². The summed E-state index contributed by atoms with van der Waals surface area (Å²) in [7, 11) is -8.43. The van der Waals surface area contributed by atoms with Gasteiger partial charge in [-0.15, -0.1) is 0 Å². The minimum absolute atomic E-state index is 0.201. The second-order valence-electron chi connectivity index (χ2n) is 5.42. The summed E-state index contributed by atoms with van der Waals surface area (Å²) in [6, 6.07) is 0. The first-order valence-electron chi connectivity index (χ1n) is 7.31. The molecule has 0 aliphatic rings. The van der Waals surface area contributed by atoms with E-state index >= 15 is 0 Å². The van der Waals surface area contributed by atoms with Gasteiger partial charge in [0.25, 0.3) is 19.3 Å². The van der Waals surface area contributed by atoms with Crippen molar-refractivity contribution in [2.45, 2.75) is 32.6 Å². The quantitative estimate of drug-likeness (QED) is 0.305. The molecule has 0 amide bonds. The van der Waals surface area contributed by atoms with Crippen LogP contribution in [0.25, 0.3) is 0 Å². The van der Waals surface area contributed by atoms with Crippen molar-refractivity contribution in [3.05, 3.63) is 25.3 Å². The number of aryl methyl sites for hydroxylation is 2. The molecule has 0 N–H and O–H groups in total. The Morgan fingerprint density at radius 1 is 0.800 bits per heavy atom. The van der Waals surface area contributed by atoms with Gasteiger partial charge in [0, 0.05) is 21.7 Å². The second kappa shape index (κ2) is 7.99. The van der Waals surface area contributed by atoms with E-state index in [9.17, 15) is 25.9 Å². The fourth-order valence-corrected chi connectivity index (χ4v) is 3.07. The molecule has 2 heterocycles. The van der Waals surface area contributed by atoms with Crippen molar-refractivity contribution < 1.29 is 35.1 Å². The molecule has 0 saturated heterocycles. The van der Waals surface area contributed by atoms with Gasteiger partial charge < -0.3 is 9.11 Å². The minimum atomic E-state index is -4.21. The lowest BCUT2D eigenvalue weighted by Gasteiger charge is -2.04. The molecule has 0 spiro atoms. The van der Waals surface area contributed by atoms with Gasteiger partial charge in [0.1, 0.15) is 0 Å². The van der Waals surface area contributed by atoms with Crippen molar-refractivity contribution in [1.82, 2.24) is 19.6 Å². The van der Waals surface area contributed by atoms with Crippen LogP contribution >= 0.6 is 0 Å². The topological polar surface area (TPSA) is 158 Å². The van der Waals surface area contributed by atoms with Gasteiger partial charge in [0.15, 0.2) is 0 Å². The number of hydrogen-bond acceptors (Lipinski definition) is 8. The summed E-state index contributed by atoms with van der Waals surface area (Å²) < 4.78 is 69.7. The highest BCUT2D eigenvalue weighted by Gasteiger charge is 2.12. The van der Waals surface area contributed by atoms with E-state index in [2.05, 4.69) is 10.2 Å². The normalized spacial score (nSPS) is 12.6. The van der Waals surface area contributed by atoms with Crippen LogP contribution in [0.3, 0.4) is 0 Å². The average molecular weight is 394 g/mol. The minimum Gasteiger partial charge on any atom is -0.748 e. The largest absolute Gasteiger partial charge is 0.748 e. The van der Waals surface area contributed by atoms with Gasteiger partial charge in [-0.05, 0) is 12.8 Å². The average Bonchev–Trinajstić information content (AvgIpc) is 3.06. The maximum atomic E-state index is 10.5. The first-order chi connectivity index (χ1) is 11.6. The molecule has 140 valence electrons. The lowest BCUT2D eigenvalue weighted by Crippen LogP contribution is -2.33.